The Bertz CT molecular complexity index is 510. The molecule has 0 aliphatic heterocycles. The first-order valence-electron chi connectivity index (χ1n) is 5.05. The van der Waals surface area contributed by atoms with Crippen molar-refractivity contribution in [3.63, 3.8) is 0 Å². The van der Waals surface area contributed by atoms with Gasteiger partial charge in [-0.05, 0) is 34.7 Å². The van der Waals surface area contributed by atoms with Crippen LogP contribution in [0, 0.1) is 3.57 Å². The highest BCUT2D eigenvalue weighted by Crippen LogP contribution is 2.26. The van der Waals surface area contributed by atoms with Gasteiger partial charge in [0, 0.05) is 15.7 Å². The van der Waals surface area contributed by atoms with E-state index in [1.807, 2.05) is 22.6 Å². The lowest BCUT2D eigenvalue weighted by molar-refractivity contribution is -0.148. The van der Waals surface area contributed by atoms with Crippen LogP contribution in [0.1, 0.15) is 10.4 Å². The van der Waals surface area contributed by atoms with Crippen LogP contribution in [0.2, 0.25) is 10.0 Å². The van der Waals surface area contributed by atoms with Crippen molar-refractivity contribution < 1.29 is 19.4 Å². The first kappa shape index (κ1) is 16.5. The van der Waals surface area contributed by atoms with E-state index in [4.69, 9.17) is 33.0 Å². The molecule has 104 valence electrons. The van der Waals surface area contributed by atoms with E-state index in [1.165, 1.54) is 19.2 Å². The smallest absolute Gasteiger partial charge is 0.334 e. The summed E-state index contributed by atoms with van der Waals surface area (Å²) in [6.45, 7) is -0.148. The number of amides is 1. The first-order valence-corrected chi connectivity index (χ1v) is 6.88. The summed E-state index contributed by atoms with van der Waals surface area (Å²) in [6, 6.07) is 2.99. The van der Waals surface area contributed by atoms with Crippen molar-refractivity contribution in [2.24, 2.45) is 0 Å². The Labute approximate surface area is 133 Å². The number of methoxy groups -OCH3 is 1. The maximum absolute atomic E-state index is 11.9. The maximum Gasteiger partial charge on any atom is 0.334 e. The maximum atomic E-state index is 11.9. The Hall–Kier alpha value is -0.570. The zero-order valence-corrected chi connectivity index (χ0v) is 13.4. The van der Waals surface area contributed by atoms with Crippen LogP contribution in [0.25, 0.3) is 0 Å². The van der Waals surface area contributed by atoms with Gasteiger partial charge in [-0.2, -0.15) is 0 Å². The van der Waals surface area contributed by atoms with Crippen LogP contribution in [0.5, 0.6) is 0 Å². The van der Waals surface area contributed by atoms with Crippen LogP contribution in [0.3, 0.4) is 0 Å². The number of carbonyl (C=O) groups is 2. The van der Waals surface area contributed by atoms with E-state index in [0.717, 1.165) is 0 Å². The SMILES string of the molecule is COC(CNC(=O)c1cc(Cl)cc(Cl)c1I)C(=O)O. The third kappa shape index (κ3) is 4.48. The first-order chi connectivity index (χ1) is 8.86. The summed E-state index contributed by atoms with van der Waals surface area (Å²) >= 11 is 13.7. The van der Waals surface area contributed by atoms with Crippen molar-refractivity contribution in [3.05, 3.63) is 31.3 Å². The number of carboxylic acids is 1. The predicted octanol–water partition coefficient (Wildman–Crippen LogP) is 2.43. The largest absolute Gasteiger partial charge is 0.479 e. The summed E-state index contributed by atoms with van der Waals surface area (Å²) in [7, 11) is 1.25. The van der Waals surface area contributed by atoms with Gasteiger partial charge in [-0.3, -0.25) is 4.79 Å². The predicted molar refractivity (Wildman–Crippen MR) is 79.9 cm³/mol. The molecule has 0 aliphatic rings. The molecule has 0 saturated carbocycles. The fraction of sp³-hybridized carbons (Fsp3) is 0.273. The van der Waals surface area contributed by atoms with Gasteiger partial charge in [-0.1, -0.05) is 23.2 Å². The van der Waals surface area contributed by atoms with E-state index in [1.54, 1.807) is 0 Å². The number of carboxylic acid groups (broad SMARTS) is 1. The number of aliphatic carboxylic acids is 1. The average molecular weight is 418 g/mol. The highest BCUT2D eigenvalue weighted by molar-refractivity contribution is 14.1. The van der Waals surface area contributed by atoms with Crippen molar-refractivity contribution in [2.75, 3.05) is 13.7 Å². The van der Waals surface area contributed by atoms with Crippen molar-refractivity contribution in [2.45, 2.75) is 6.10 Å². The van der Waals surface area contributed by atoms with Gasteiger partial charge in [0.2, 0.25) is 0 Å². The summed E-state index contributed by atoms with van der Waals surface area (Å²) in [5, 5.41) is 11.9. The van der Waals surface area contributed by atoms with Crippen LogP contribution in [-0.2, 0) is 9.53 Å². The second kappa shape index (κ2) is 7.28. The minimum Gasteiger partial charge on any atom is -0.479 e. The Balaban J connectivity index is 2.82. The van der Waals surface area contributed by atoms with Gasteiger partial charge in [0.15, 0.2) is 6.10 Å². The number of rotatable bonds is 5. The van der Waals surface area contributed by atoms with Gasteiger partial charge in [-0.25, -0.2) is 4.79 Å². The molecule has 0 saturated heterocycles. The van der Waals surface area contributed by atoms with Crippen LogP contribution < -0.4 is 5.32 Å². The van der Waals surface area contributed by atoms with E-state index in [-0.39, 0.29) is 6.54 Å². The molecule has 1 amide bonds. The zero-order chi connectivity index (χ0) is 14.6. The standard InChI is InChI=1S/C11H10Cl2INO4/c1-19-8(11(17)18)4-15-10(16)6-2-5(12)3-7(13)9(6)14/h2-3,8H,4H2,1H3,(H,15,16)(H,17,18). The molecular formula is C11H10Cl2INO4. The number of nitrogens with one attached hydrogen (secondary N) is 1. The molecule has 8 heteroatoms. The second-order valence-electron chi connectivity index (χ2n) is 3.52. The molecule has 0 fully saturated rings. The Morgan fingerprint density at radius 2 is 2.11 bits per heavy atom. The lowest BCUT2D eigenvalue weighted by Crippen LogP contribution is -2.38. The molecule has 0 radical (unpaired) electrons. The third-order valence-corrected chi connectivity index (χ3v) is 4.24. The molecule has 1 atom stereocenters. The van der Waals surface area contributed by atoms with Gasteiger partial charge in [-0.15, -0.1) is 0 Å². The third-order valence-electron chi connectivity index (χ3n) is 2.25. The molecule has 0 bridgehead atoms. The molecule has 1 aromatic rings. The van der Waals surface area contributed by atoms with Crippen molar-refractivity contribution >= 4 is 57.7 Å². The number of hydrogen-bond donors (Lipinski definition) is 2. The van der Waals surface area contributed by atoms with Crippen molar-refractivity contribution in [1.82, 2.24) is 5.32 Å². The molecular weight excluding hydrogens is 408 g/mol. The number of hydrogen-bond acceptors (Lipinski definition) is 3. The second-order valence-corrected chi connectivity index (χ2v) is 5.44. The molecule has 2 N–H and O–H groups in total. The van der Waals surface area contributed by atoms with Gasteiger partial charge in [0.1, 0.15) is 0 Å². The van der Waals surface area contributed by atoms with Gasteiger partial charge >= 0.3 is 5.97 Å². The van der Waals surface area contributed by atoms with Gasteiger partial charge in [0.25, 0.3) is 5.91 Å². The molecule has 0 heterocycles. The van der Waals surface area contributed by atoms with Gasteiger partial charge < -0.3 is 15.2 Å². The summed E-state index contributed by atoms with van der Waals surface area (Å²) in [5.74, 6) is -1.61. The monoisotopic (exact) mass is 417 g/mol. The lowest BCUT2D eigenvalue weighted by Gasteiger charge is -2.12. The highest BCUT2D eigenvalue weighted by Gasteiger charge is 2.19. The number of benzene rings is 1. The zero-order valence-electron chi connectivity index (χ0n) is 9.75. The molecule has 19 heavy (non-hydrogen) atoms. The average Bonchev–Trinajstić information content (AvgIpc) is 2.33. The minimum absolute atomic E-state index is 0.148. The molecule has 0 aromatic heterocycles. The van der Waals surface area contributed by atoms with Crippen LogP contribution in [0.15, 0.2) is 12.1 Å². The van der Waals surface area contributed by atoms with Crippen molar-refractivity contribution in [1.29, 1.82) is 0 Å². The molecule has 1 unspecified atom stereocenters. The number of carbonyl (C=O) groups excluding carboxylic acids is 1. The van der Waals surface area contributed by atoms with Crippen LogP contribution in [0.4, 0.5) is 0 Å². The summed E-state index contributed by atoms with van der Waals surface area (Å²) in [5.41, 5.74) is 0.290. The number of ether oxygens (including phenoxy) is 1. The normalized spacial score (nSPS) is 12.0. The number of halogens is 3. The van der Waals surface area contributed by atoms with E-state index in [2.05, 4.69) is 5.32 Å². The van der Waals surface area contributed by atoms with E-state index in [0.29, 0.717) is 19.2 Å². The molecule has 5 nitrogen and oxygen atoms in total. The summed E-state index contributed by atoms with van der Waals surface area (Å²) < 4.78 is 5.25. The highest BCUT2D eigenvalue weighted by atomic mass is 127. The molecule has 0 aliphatic carbocycles. The van der Waals surface area contributed by atoms with E-state index < -0.39 is 18.0 Å². The quantitative estimate of drug-likeness (QED) is 0.569. The van der Waals surface area contributed by atoms with Crippen molar-refractivity contribution in [3.8, 4) is 0 Å². The summed E-state index contributed by atoms with van der Waals surface area (Å²) in [4.78, 5) is 22.7. The fourth-order valence-electron chi connectivity index (χ4n) is 1.27. The Kier molecular flexibility index (Phi) is 6.31. The van der Waals surface area contributed by atoms with Crippen LogP contribution in [-0.4, -0.2) is 36.7 Å². The molecule has 1 aromatic carbocycles. The van der Waals surface area contributed by atoms with E-state index in [9.17, 15) is 9.59 Å². The topological polar surface area (TPSA) is 75.6 Å². The molecule has 0 spiro atoms. The summed E-state index contributed by atoms with van der Waals surface area (Å²) in [6.07, 6.45) is -1.10. The minimum atomic E-state index is -1.15. The molecule has 1 rings (SSSR count). The van der Waals surface area contributed by atoms with Gasteiger partial charge in [0.05, 0.1) is 17.1 Å². The van der Waals surface area contributed by atoms with Crippen LogP contribution >= 0.6 is 45.8 Å². The Morgan fingerprint density at radius 3 is 2.63 bits per heavy atom. The lowest BCUT2D eigenvalue weighted by atomic mass is 10.2. The van der Waals surface area contributed by atoms with E-state index >= 15 is 0 Å². The Morgan fingerprint density at radius 1 is 1.47 bits per heavy atom. The fourth-order valence-corrected chi connectivity index (χ4v) is 2.32.